The van der Waals surface area contributed by atoms with E-state index in [1.807, 2.05) is 62.4 Å². The maximum atomic E-state index is 14.8. The number of amides is 1. The summed E-state index contributed by atoms with van der Waals surface area (Å²) in [6, 6.07) is 21.6. The molecule has 0 saturated carbocycles. The average Bonchev–Trinajstić information content (AvgIpc) is 3.31. The molecule has 8 heteroatoms. The van der Waals surface area contributed by atoms with Crippen LogP contribution >= 0.6 is 11.8 Å². The first-order valence-electron chi connectivity index (χ1n) is 11.4. The van der Waals surface area contributed by atoms with Gasteiger partial charge in [0.25, 0.3) is 5.91 Å². The van der Waals surface area contributed by atoms with E-state index in [1.165, 1.54) is 17.8 Å². The Balaban J connectivity index is 1.60. The van der Waals surface area contributed by atoms with E-state index in [9.17, 15) is 9.18 Å². The van der Waals surface area contributed by atoms with E-state index in [0.29, 0.717) is 33.7 Å². The Morgan fingerprint density at radius 3 is 2.57 bits per heavy atom. The number of nitrogens with zero attached hydrogens (tertiary/aromatic N) is 3. The average molecular weight is 491 g/mol. The number of rotatable bonds is 9. The SMILES string of the molecule is CC[C@H](C)NC(=O)c1ccc(CSc2nnc(-c3cccc(OC)c3)n2-c2ccccc2F)cc1. The highest BCUT2D eigenvalue weighted by molar-refractivity contribution is 7.98. The topological polar surface area (TPSA) is 69.0 Å². The molecule has 0 aliphatic heterocycles. The number of hydrogen-bond donors (Lipinski definition) is 1. The van der Waals surface area contributed by atoms with Gasteiger partial charge in [-0.15, -0.1) is 10.2 Å². The zero-order valence-corrected chi connectivity index (χ0v) is 20.7. The van der Waals surface area contributed by atoms with E-state index in [-0.39, 0.29) is 17.8 Å². The van der Waals surface area contributed by atoms with Gasteiger partial charge in [0.15, 0.2) is 11.0 Å². The first-order chi connectivity index (χ1) is 17.0. The molecular weight excluding hydrogens is 463 g/mol. The minimum atomic E-state index is -0.366. The standard InChI is InChI=1S/C27H27FN4O2S/c1-4-18(2)29-26(33)20-14-12-19(13-15-20)17-35-27-31-30-25(21-8-7-9-22(16-21)34-3)32(27)24-11-6-5-10-23(24)28/h5-16,18H,4,17H2,1-3H3,(H,29,33)/t18-/m0/s1. The fourth-order valence-electron chi connectivity index (χ4n) is 3.47. The number of aromatic nitrogens is 3. The molecule has 4 aromatic rings. The van der Waals surface area contributed by atoms with Crippen LogP contribution in [-0.2, 0) is 5.75 Å². The Morgan fingerprint density at radius 1 is 1.09 bits per heavy atom. The molecule has 0 unspecified atom stereocenters. The molecule has 35 heavy (non-hydrogen) atoms. The molecule has 0 radical (unpaired) electrons. The third-order valence-electron chi connectivity index (χ3n) is 5.63. The van der Waals surface area contributed by atoms with Crippen molar-refractivity contribution in [2.45, 2.75) is 37.2 Å². The minimum absolute atomic E-state index is 0.0826. The maximum absolute atomic E-state index is 14.8. The molecule has 1 aromatic heterocycles. The van der Waals surface area contributed by atoms with E-state index in [2.05, 4.69) is 15.5 Å². The summed E-state index contributed by atoms with van der Waals surface area (Å²) < 4.78 is 21.9. The molecule has 180 valence electrons. The Hall–Kier alpha value is -3.65. The van der Waals surface area contributed by atoms with Crippen LogP contribution in [0.4, 0.5) is 4.39 Å². The van der Waals surface area contributed by atoms with Gasteiger partial charge in [-0.05, 0) is 55.3 Å². The van der Waals surface area contributed by atoms with Crippen LogP contribution in [0.2, 0.25) is 0 Å². The van der Waals surface area contributed by atoms with Crippen LogP contribution in [0.15, 0.2) is 78.0 Å². The lowest BCUT2D eigenvalue weighted by Crippen LogP contribution is -2.31. The van der Waals surface area contributed by atoms with Crippen LogP contribution in [0.25, 0.3) is 17.1 Å². The summed E-state index contributed by atoms with van der Waals surface area (Å²) in [5, 5.41) is 12.3. The van der Waals surface area contributed by atoms with Crippen molar-refractivity contribution in [1.82, 2.24) is 20.1 Å². The summed E-state index contributed by atoms with van der Waals surface area (Å²) in [4.78, 5) is 12.3. The Labute approximate surface area is 208 Å². The van der Waals surface area contributed by atoms with Gasteiger partial charge in [0.05, 0.1) is 12.8 Å². The molecule has 0 aliphatic rings. The second kappa shape index (κ2) is 11.2. The molecule has 1 heterocycles. The minimum Gasteiger partial charge on any atom is -0.497 e. The van der Waals surface area contributed by atoms with Gasteiger partial charge >= 0.3 is 0 Å². The normalized spacial score (nSPS) is 11.8. The predicted octanol–water partition coefficient (Wildman–Crippen LogP) is 5.90. The van der Waals surface area contributed by atoms with Gasteiger partial charge in [-0.25, -0.2) is 4.39 Å². The summed E-state index contributed by atoms with van der Waals surface area (Å²) in [5.74, 6) is 1.33. The lowest BCUT2D eigenvalue weighted by atomic mass is 10.1. The van der Waals surface area contributed by atoms with Crippen molar-refractivity contribution in [2.75, 3.05) is 7.11 Å². The molecule has 0 spiro atoms. The van der Waals surface area contributed by atoms with Crippen molar-refractivity contribution in [1.29, 1.82) is 0 Å². The van der Waals surface area contributed by atoms with Crippen LogP contribution in [0, 0.1) is 5.82 Å². The maximum Gasteiger partial charge on any atom is 0.251 e. The first-order valence-corrected chi connectivity index (χ1v) is 12.4. The zero-order valence-electron chi connectivity index (χ0n) is 19.9. The Bertz CT molecular complexity index is 1310. The number of thioether (sulfide) groups is 1. The predicted molar refractivity (Wildman–Crippen MR) is 137 cm³/mol. The third kappa shape index (κ3) is 5.71. The number of nitrogens with one attached hydrogen (secondary N) is 1. The Kier molecular flexibility index (Phi) is 7.82. The number of para-hydroxylation sites is 1. The molecule has 1 amide bonds. The van der Waals surface area contributed by atoms with Crippen LogP contribution in [0.1, 0.15) is 36.2 Å². The second-order valence-corrected chi connectivity index (χ2v) is 9.04. The van der Waals surface area contributed by atoms with Crippen molar-refractivity contribution < 1.29 is 13.9 Å². The molecule has 0 saturated heterocycles. The largest absolute Gasteiger partial charge is 0.497 e. The van der Waals surface area contributed by atoms with Crippen LogP contribution in [0.3, 0.4) is 0 Å². The quantitative estimate of drug-likeness (QED) is 0.296. The van der Waals surface area contributed by atoms with Crippen LogP contribution < -0.4 is 10.1 Å². The highest BCUT2D eigenvalue weighted by Crippen LogP contribution is 2.32. The second-order valence-electron chi connectivity index (χ2n) is 8.09. The number of halogens is 1. The van der Waals surface area contributed by atoms with Crippen LogP contribution in [0.5, 0.6) is 5.75 Å². The first kappa shape index (κ1) is 24.5. The van der Waals surface area contributed by atoms with E-state index in [4.69, 9.17) is 4.74 Å². The fourth-order valence-corrected chi connectivity index (χ4v) is 4.37. The summed E-state index contributed by atoms with van der Waals surface area (Å²) in [5.41, 5.74) is 2.77. The molecule has 0 aliphatic carbocycles. The fraction of sp³-hybridized carbons (Fsp3) is 0.222. The molecular formula is C27H27FN4O2S. The lowest BCUT2D eigenvalue weighted by Gasteiger charge is -2.12. The number of ether oxygens (including phenoxy) is 1. The van der Waals surface area contributed by atoms with E-state index >= 15 is 0 Å². The third-order valence-corrected chi connectivity index (χ3v) is 6.63. The van der Waals surface area contributed by atoms with Gasteiger partial charge in [-0.2, -0.15) is 0 Å². The summed E-state index contributed by atoms with van der Waals surface area (Å²) in [6.07, 6.45) is 0.876. The van der Waals surface area contributed by atoms with Crippen LogP contribution in [-0.4, -0.2) is 33.8 Å². The van der Waals surface area contributed by atoms with Gasteiger partial charge in [-0.3, -0.25) is 9.36 Å². The molecule has 3 aromatic carbocycles. The molecule has 1 N–H and O–H groups in total. The number of carbonyl (C=O) groups excluding carboxylic acids is 1. The van der Waals surface area contributed by atoms with Crippen molar-refractivity contribution in [2.24, 2.45) is 0 Å². The molecule has 0 bridgehead atoms. The monoisotopic (exact) mass is 490 g/mol. The lowest BCUT2D eigenvalue weighted by molar-refractivity contribution is 0.0939. The number of benzene rings is 3. The van der Waals surface area contributed by atoms with Crippen molar-refractivity contribution in [3.8, 4) is 22.8 Å². The number of carbonyl (C=O) groups is 1. The van der Waals surface area contributed by atoms with Gasteiger partial charge in [0.1, 0.15) is 11.6 Å². The van der Waals surface area contributed by atoms with E-state index < -0.39 is 0 Å². The summed E-state index contributed by atoms with van der Waals surface area (Å²) in [6.45, 7) is 4.01. The van der Waals surface area contributed by atoms with Gasteiger partial charge in [0, 0.05) is 22.9 Å². The van der Waals surface area contributed by atoms with Gasteiger partial charge in [0.2, 0.25) is 0 Å². The Morgan fingerprint density at radius 2 is 1.86 bits per heavy atom. The highest BCUT2D eigenvalue weighted by atomic mass is 32.2. The van der Waals surface area contributed by atoms with E-state index in [0.717, 1.165) is 17.5 Å². The number of methoxy groups -OCH3 is 1. The van der Waals surface area contributed by atoms with Crippen molar-refractivity contribution in [3.63, 3.8) is 0 Å². The molecule has 1 atom stereocenters. The molecule has 4 rings (SSSR count). The van der Waals surface area contributed by atoms with Crippen molar-refractivity contribution >= 4 is 17.7 Å². The molecule has 6 nitrogen and oxygen atoms in total. The smallest absolute Gasteiger partial charge is 0.251 e. The van der Waals surface area contributed by atoms with Gasteiger partial charge < -0.3 is 10.1 Å². The highest BCUT2D eigenvalue weighted by Gasteiger charge is 2.19. The van der Waals surface area contributed by atoms with E-state index in [1.54, 1.807) is 29.9 Å². The van der Waals surface area contributed by atoms with Crippen molar-refractivity contribution in [3.05, 3.63) is 89.7 Å². The zero-order chi connectivity index (χ0) is 24.8. The number of hydrogen-bond acceptors (Lipinski definition) is 5. The summed E-state index contributed by atoms with van der Waals surface area (Å²) >= 11 is 1.45. The summed E-state index contributed by atoms with van der Waals surface area (Å²) in [7, 11) is 1.60. The molecule has 0 fully saturated rings. The van der Waals surface area contributed by atoms with Gasteiger partial charge in [-0.1, -0.05) is 55.1 Å².